The van der Waals surface area contributed by atoms with Crippen LogP contribution in [0.4, 0.5) is 4.39 Å². The van der Waals surface area contributed by atoms with E-state index in [1.54, 1.807) is 0 Å². The number of halogens is 1. The van der Waals surface area contributed by atoms with Crippen molar-refractivity contribution in [3.05, 3.63) is 45.7 Å². The lowest BCUT2D eigenvalue weighted by Crippen LogP contribution is -2.04. The number of nitrogens with zero attached hydrogens (tertiary/aromatic N) is 1. The van der Waals surface area contributed by atoms with E-state index in [2.05, 4.69) is 4.98 Å². The van der Waals surface area contributed by atoms with Crippen molar-refractivity contribution in [2.24, 2.45) is 0 Å². The quantitative estimate of drug-likeness (QED) is 0.798. The first-order valence-electron chi connectivity index (χ1n) is 5.38. The molecule has 0 aliphatic heterocycles. The van der Waals surface area contributed by atoms with Crippen LogP contribution in [0.25, 0.3) is 0 Å². The van der Waals surface area contributed by atoms with Gasteiger partial charge in [-0.3, -0.25) is 4.79 Å². The fourth-order valence-corrected chi connectivity index (χ4v) is 2.33. The van der Waals surface area contributed by atoms with Gasteiger partial charge in [0.2, 0.25) is 0 Å². The molecule has 94 valence electrons. The number of ether oxygens (including phenoxy) is 1. The van der Waals surface area contributed by atoms with Gasteiger partial charge < -0.3 is 4.74 Å². The molecule has 0 atom stereocenters. The lowest BCUT2D eigenvalue weighted by molar-refractivity contribution is 0.0992. The van der Waals surface area contributed by atoms with Crippen LogP contribution in [0.2, 0.25) is 0 Å². The third kappa shape index (κ3) is 2.73. The fourth-order valence-electron chi connectivity index (χ4n) is 1.56. The van der Waals surface area contributed by atoms with Crippen LogP contribution in [0.5, 0.6) is 5.75 Å². The highest BCUT2D eigenvalue weighted by atomic mass is 32.1. The van der Waals surface area contributed by atoms with Crippen LogP contribution in [0.1, 0.15) is 21.1 Å². The van der Waals surface area contributed by atoms with E-state index in [1.165, 1.54) is 36.6 Å². The predicted molar refractivity (Wildman–Crippen MR) is 67.8 cm³/mol. The summed E-state index contributed by atoms with van der Waals surface area (Å²) in [7, 11) is 1.37. The molecule has 2 aromatic rings. The van der Waals surface area contributed by atoms with Crippen LogP contribution in [-0.4, -0.2) is 17.9 Å². The number of methoxy groups -OCH3 is 1. The summed E-state index contributed by atoms with van der Waals surface area (Å²) in [6, 6.07) is 4.11. The number of ketones is 1. The molecule has 1 aromatic carbocycles. The van der Waals surface area contributed by atoms with Gasteiger partial charge in [0.1, 0.15) is 5.01 Å². The predicted octanol–water partition coefficient (Wildman–Crippen LogP) is 3.02. The van der Waals surface area contributed by atoms with Gasteiger partial charge in [-0.05, 0) is 25.1 Å². The Morgan fingerprint density at radius 2 is 2.28 bits per heavy atom. The number of aryl methyl sites for hydroxylation is 1. The molecule has 0 unspecified atom stereocenters. The van der Waals surface area contributed by atoms with Crippen LogP contribution >= 0.6 is 11.3 Å². The molecule has 0 aliphatic carbocycles. The van der Waals surface area contributed by atoms with Gasteiger partial charge in [-0.15, -0.1) is 11.3 Å². The number of aromatic nitrogens is 1. The van der Waals surface area contributed by atoms with Crippen molar-refractivity contribution >= 4 is 17.1 Å². The third-order valence-electron chi connectivity index (χ3n) is 2.45. The summed E-state index contributed by atoms with van der Waals surface area (Å²) in [5, 5.41) is 2.66. The van der Waals surface area contributed by atoms with Crippen molar-refractivity contribution in [3.8, 4) is 5.75 Å². The van der Waals surface area contributed by atoms with Gasteiger partial charge in [0, 0.05) is 16.6 Å². The average molecular weight is 265 g/mol. The molecule has 1 heterocycles. The molecule has 5 heteroatoms. The number of Topliss-reactive ketones (excluding diaryl/α,β-unsaturated/α-hetero) is 1. The number of thiazole rings is 1. The van der Waals surface area contributed by atoms with Gasteiger partial charge in [0.25, 0.3) is 0 Å². The molecule has 0 amide bonds. The summed E-state index contributed by atoms with van der Waals surface area (Å²) in [5.41, 5.74) is 1.33. The first-order chi connectivity index (χ1) is 8.60. The van der Waals surface area contributed by atoms with Crippen molar-refractivity contribution in [1.82, 2.24) is 4.98 Å². The number of hydrogen-bond donors (Lipinski definition) is 0. The topological polar surface area (TPSA) is 39.2 Å². The molecule has 0 aliphatic rings. The lowest BCUT2D eigenvalue weighted by atomic mass is 10.1. The zero-order valence-corrected chi connectivity index (χ0v) is 10.9. The molecule has 0 fully saturated rings. The minimum absolute atomic E-state index is 0.0798. The first kappa shape index (κ1) is 12.7. The SMILES string of the molecule is COc1cc(C(=O)Cc2nc(C)cs2)ccc1F. The standard InChI is InChI=1S/C13H12FNO2S/c1-8-7-18-13(15-8)6-11(16)9-3-4-10(14)12(5-9)17-2/h3-5,7H,6H2,1-2H3. The van der Waals surface area contributed by atoms with Gasteiger partial charge >= 0.3 is 0 Å². The molecular weight excluding hydrogens is 253 g/mol. The maximum atomic E-state index is 13.2. The van der Waals surface area contributed by atoms with Crippen LogP contribution < -0.4 is 4.74 Å². The van der Waals surface area contributed by atoms with E-state index in [4.69, 9.17) is 4.74 Å². The molecule has 3 nitrogen and oxygen atoms in total. The van der Waals surface area contributed by atoms with Gasteiger partial charge in [-0.2, -0.15) is 0 Å². The first-order valence-corrected chi connectivity index (χ1v) is 6.26. The Balaban J connectivity index is 2.18. The Morgan fingerprint density at radius 1 is 1.50 bits per heavy atom. The van der Waals surface area contributed by atoms with E-state index in [1.807, 2.05) is 12.3 Å². The zero-order chi connectivity index (χ0) is 13.1. The van der Waals surface area contributed by atoms with E-state index in [-0.39, 0.29) is 18.0 Å². The van der Waals surface area contributed by atoms with E-state index in [0.29, 0.717) is 5.56 Å². The summed E-state index contributed by atoms with van der Waals surface area (Å²) in [4.78, 5) is 16.2. The minimum atomic E-state index is -0.473. The second-order valence-electron chi connectivity index (χ2n) is 3.83. The third-order valence-corrected chi connectivity index (χ3v) is 3.42. The van der Waals surface area contributed by atoms with E-state index in [9.17, 15) is 9.18 Å². The van der Waals surface area contributed by atoms with Gasteiger partial charge in [0.15, 0.2) is 17.3 Å². The summed E-state index contributed by atoms with van der Waals surface area (Å²) < 4.78 is 18.1. The molecule has 0 radical (unpaired) electrons. The largest absolute Gasteiger partial charge is 0.494 e. The van der Waals surface area contributed by atoms with Gasteiger partial charge in [-0.25, -0.2) is 9.37 Å². The fraction of sp³-hybridized carbons (Fsp3) is 0.231. The highest BCUT2D eigenvalue weighted by molar-refractivity contribution is 7.09. The highest BCUT2D eigenvalue weighted by Crippen LogP contribution is 2.20. The van der Waals surface area contributed by atoms with Crippen molar-refractivity contribution in [3.63, 3.8) is 0 Å². The Kier molecular flexibility index (Phi) is 3.72. The highest BCUT2D eigenvalue weighted by Gasteiger charge is 2.12. The monoisotopic (exact) mass is 265 g/mol. The Bertz CT molecular complexity index is 580. The van der Waals surface area contributed by atoms with Gasteiger partial charge in [0.05, 0.1) is 13.5 Å². The van der Waals surface area contributed by atoms with E-state index >= 15 is 0 Å². The molecule has 2 rings (SSSR count). The Labute approximate surface area is 108 Å². The lowest BCUT2D eigenvalue weighted by Gasteiger charge is -2.04. The normalized spacial score (nSPS) is 10.4. The maximum absolute atomic E-state index is 13.2. The van der Waals surface area contributed by atoms with E-state index < -0.39 is 5.82 Å². The molecule has 0 saturated heterocycles. The summed E-state index contributed by atoms with van der Waals surface area (Å²) in [6.07, 6.45) is 0.229. The van der Waals surface area contributed by atoms with Crippen molar-refractivity contribution in [1.29, 1.82) is 0 Å². The Morgan fingerprint density at radius 3 is 2.89 bits per heavy atom. The zero-order valence-electron chi connectivity index (χ0n) is 10.1. The molecule has 0 spiro atoms. The number of carbonyl (C=O) groups excluding carboxylic acids is 1. The van der Waals surface area contributed by atoms with Crippen molar-refractivity contribution in [2.75, 3.05) is 7.11 Å². The van der Waals surface area contributed by atoms with Crippen molar-refractivity contribution in [2.45, 2.75) is 13.3 Å². The minimum Gasteiger partial charge on any atom is -0.494 e. The van der Waals surface area contributed by atoms with Crippen LogP contribution in [0.15, 0.2) is 23.6 Å². The molecule has 18 heavy (non-hydrogen) atoms. The number of hydrogen-bond acceptors (Lipinski definition) is 4. The molecular formula is C13H12FNO2S. The number of benzene rings is 1. The number of carbonyl (C=O) groups is 1. The molecule has 0 saturated carbocycles. The smallest absolute Gasteiger partial charge is 0.169 e. The Hall–Kier alpha value is -1.75. The average Bonchev–Trinajstić information content (AvgIpc) is 2.75. The van der Waals surface area contributed by atoms with E-state index in [0.717, 1.165) is 10.7 Å². The van der Waals surface area contributed by atoms with Crippen LogP contribution in [-0.2, 0) is 6.42 Å². The molecule has 0 bridgehead atoms. The summed E-state index contributed by atoms with van der Waals surface area (Å²) in [5.74, 6) is -0.488. The molecule has 0 N–H and O–H groups in total. The van der Waals surface area contributed by atoms with Crippen molar-refractivity contribution < 1.29 is 13.9 Å². The van der Waals surface area contributed by atoms with Crippen LogP contribution in [0, 0.1) is 12.7 Å². The summed E-state index contributed by atoms with van der Waals surface area (Å²) >= 11 is 1.45. The number of rotatable bonds is 4. The van der Waals surface area contributed by atoms with Crippen LogP contribution in [0.3, 0.4) is 0 Å². The van der Waals surface area contributed by atoms with Gasteiger partial charge in [-0.1, -0.05) is 0 Å². The summed E-state index contributed by atoms with van der Waals surface area (Å²) in [6.45, 7) is 1.88. The second kappa shape index (κ2) is 5.27. The molecule has 1 aromatic heterocycles. The second-order valence-corrected chi connectivity index (χ2v) is 4.77. The maximum Gasteiger partial charge on any atom is 0.169 e.